The second-order valence-corrected chi connectivity index (χ2v) is 8.37. The molecule has 134 valence electrons. The van der Waals surface area contributed by atoms with Gasteiger partial charge >= 0.3 is 0 Å². The molecule has 0 fully saturated rings. The van der Waals surface area contributed by atoms with Gasteiger partial charge in [-0.1, -0.05) is 11.8 Å². The molecule has 0 unspecified atom stereocenters. The van der Waals surface area contributed by atoms with E-state index in [0.717, 1.165) is 20.8 Å². The largest absolute Gasteiger partial charge is 0.366 e. The van der Waals surface area contributed by atoms with Gasteiger partial charge in [-0.2, -0.15) is 0 Å². The summed E-state index contributed by atoms with van der Waals surface area (Å²) in [5.41, 5.74) is 7.39. The van der Waals surface area contributed by atoms with Crippen LogP contribution in [0, 0.1) is 13.8 Å². The molecule has 0 radical (unpaired) electrons. The first-order valence-electron chi connectivity index (χ1n) is 7.95. The van der Waals surface area contributed by atoms with Crippen LogP contribution in [-0.2, 0) is 4.79 Å². The molecule has 0 saturated carbocycles. The maximum Gasteiger partial charge on any atom is 0.248 e. The quantitative estimate of drug-likeness (QED) is 0.516. The number of aryl methyl sites for hydroxylation is 2. The lowest BCUT2D eigenvalue weighted by atomic mass is 10.2. The normalized spacial score (nSPS) is 12.1. The van der Waals surface area contributed by atoms with Crippen LogP contribution in [0.2, 0.25) is 0 Å². The number of fused-ring (bicyclic) bond motifs is 1. The van der Waals surface area contributed by atoms with E-state index in [1.807, 2.05) is 13.8 Å². The molecule has 2 amide bonds. The Labute approximate surface area is 159 Å². The number of carbonyl (C=O) groups excluding carboxylic acids is 2. The summed E-state index contributed by atoms with van der Waals surface area (Å²) in [6, 6.07) is 6.48. The Hall–Kier alpha value is -2.45. The highest BCUT2D eigenvalue weighted by Gasteiger charge is 2.19. The number of nitrogens with zero attached hydrogens (tertiary/aromatic N) is 2. The summed E-state index contributed by atoms with van der Waals surface area (Å²) in [4.78, 5) is 34.4. The number of primary amides is 1. The molecule has 0 saturated heterocycles. The fourth-order valence-electron chi connectivity index (χ4n) is 2.42. The van der Waals surface area contributed by atoms with Crippen LogP contribution in [-0.4, -0.2) is 27.0 Å². The van der Waals surface area contributed by atoms with Crippen molar-refractivity contribution in [1.29, 1.82) is 0 Å². The van der Waals surface area contributed by atoms with Crippen LogP contribution in [0.25, 0.3) is 10.2 Å². The molecule has 2 aromatic heterocycles. The molecular weight excluding hydrogens is 368 g/mol. The lowest BCUT2D eigenvalue weighted by Gasteiger charge is -2.12. The zero-order valence-electron chi connectivity index (χ0n) is 14.6. The number of nitrogens with one attached hydrogen (secondary N) is 1. The number of amides is 2. The Morgan fingerprint density at radius 1 is 1.19 bits per heavy atom. The molecular formula is C18H18N4O2S2. The zero-order valence-corrected chi connectivity index (χ0v) is 16.2. The van der Waals surface area contributed by atoms with Crippen molar-refractivity contribution in [2.75, 3.05) is 5.32 Å². The van der Waals surface area contributed by atoms with E-state index in [9.17, 15) is 9.59 Å². The first kappa shape index (κ1) is 18.3. The molecule has 6 nitrogen and oxygen atoms in total. The Balaban J connectivity index is 1.74. The summed E-state index contributed by atoms with van der Waals surface area (Å²) in [6.45, 7) is 5.94. The zero-order chi connectivity index (χ0) is 18.8. The van der Waals surface area contributed by atoms with Crippen molar-refractivity contribution < 1.29 is 9.59 Å². The lowest BCUT2D eigenvalue weighted by molar-refractivity contribution is -0.115. The van der Waals surface area contributed by atoms with Gasteiger partial charge in [0.1, 0.15) is 16.2 Å². The molecule has 2 heterocycles. The number of nitrogens with two attached hydrogens (primary N) is 1. The molecule has 3 aromatic rings. The third kappa shape index (κ3) is 3.71. The van der Waals surface area contributed by atoms with Crippen molar-refractivity contribution in [3.05, 3.63) is 46.6 Å². The smallest absolute Gasteiger partial charge is 0.248 e. The van der Waals surface area contributed by atoms with E-state index >= 15 is 0 Å². The molecule has 0 aliphatic carbocycles. The highest BCUT2D eigenvalue weighted by atomic mass is 32.2. The van der Waals surface area contributed by atoms with Gasteiger partial charge in [-0.3, -0.25) is 9.59 Å². The van der Waals surface area contributed by atoms with E-state index < -0.39 is 5.91 Å². The van der Waals surface area contributed by atoms with E-state index in [0.29, 0.717) is 11.3 Å². The fraction of sp³-hybridized carbons (Fsp3) is 0.222. The Morgan fingerprint density at radius 3 is 2.54 bits per heavy atom. The highest BCUT2D eigenvalue weighted by Crippen LogP contribution is 2.36. The fourth-order valence-corrected chi connectivity index (χ4v) is 4.46. The Bertz CT molecular complexity index is 983. The summed E-state index contributed by atoms with van der Waals surface area (Å²) < 4.78 is 0. The van der Waals surface area contributed by atoms with Crippen molar-refractivity contribution >= 4 is 50.8 Å². The number of benzene rings is 1. The van der Waals surface area contributed by atoms with Gasteiger partial charge in [0.2, 0.25) is 11.8 Å². The summed E-state index contributed by atoms with van der Waals surface area (Å²) in [6.07, 6.45) is 1.53. The third-order valence-corrected chi connectivity index (χ3v) is 6.24. The number of carbonyl (C=O) groups is 2. The molecule has 0 spiro atoms. The Kier molecular flexibility index (Phi) is 5.24. The van der Waals surface area contributed by atoms with Crippen LogP contribution in [0.5, 0.6) is 0 Å². The average Bonchev–Trinajstić information content (AvgIpc) is 2.90. The van der Waals surface area contributed by atoms with E-state index in [1.165, 1.54) is 23.0 Å². The van der Waals surface area contributed by atoms with E-state index in [1.54, 1.807) is 35.6 Å². The van der Waals surface area contributed by atoms with Gasteiger partial charge < -0.3 is 11.1 Å². The number of rotatable bonds is 5. The van der Waals surface area contributed by atoms with Crippen LogP contribution in [0.4, 0.5) is 5.69 Å². The van der Waals surface area contributed by atoms with Gasteiger partial charge in [0.25, 0.3) is 0 Å². The first-order valence-corrected chi connectivity index (χ1v) is 9.64. The van der Waals surface area contributed by atoms with Gasteiger partial charge in [-0.25, -0.2) is 9.97 Å². The number of aromatic nitrogens is 2. The molecule has 0 aliphatic rings. The number of hydrogen-bond donors (Lipinski definition) is 2. The number of thioether (sulfide) groups is 1. The van der Waals surface area contributed by atoms with Crippen molar-refractivity contribution in [3.63, 3.8) is 0 Å². The average molecular weight is 387 g/mol. The molecule has 3 rings (SSSR count). The minimum Gasteiger partial charge on any atom is -0.366 e. The lowest BCUT2D eigenvalue weighted by Crippen LogP contribution is -2.22. The van der Waals surface area contributed by atoms with Crippen LogP contribution in [0.1, 0.15) is 27.7 Å². The number of hydrogen-bond acceptors (Lipinski definition) is 6. The molecule has 26 heavy (non-hydrogen) atoms. The SMILES string of the molecule is Cc1sc2ncnc(S[C@H](C)C(=O)Nc3ccc(C(N)=O)cc3)c2c1C. The summed E-state index contributed by atoms with van der Waals surface area (Å²) >= 11 is 3.04. The monoisotopic (exact) mass is 386 g/mol. The second-order valence-electron chi connectivity index (χ2n) is 5.83. The van der Waals surface area contributed by atoms with Gasteiger partial charge in [0.15, 0.2) is 0 Å². The second kappa shape index (κ2) is 7.43. The van der Waals surface area contributed by atoms with Crippen LogP contribution in [0.3, 0.4) is 0 Å². The van der Waals surface area contributed by atoms with E-state index in [-0.39, 0.29) is 11.2 Å². The molecule has 8 heteroatoms. The van der Waals surface area contributed by atoms with E-state index in [4.69, 9.17) is 5.73 Å². The maximum atomic E-state index is 12.5. The van der Waals surface area contributed by atoms with Crippen molar-refractivity contribution in [1.82, 2.24) is 9.97 Å². The van der Waals surface area contributed by atoms with Gasteiger partial charge in [-0.05, 0) is 50.6 Å². The van der Waals surface area contributed by atoms with Crippen LogP contribution in [0.15, 0.2) is 35.6 Å². The van der Waals surface area contributed by atoms with Crippen molar-refractivity contribution in [3.8, 4) is 0 Å². The van der Waals surface area contributed by atoms with Crippen LogP contribution >= 0.6 is 23.1 Å². The minimum absolute atomic E-state index is 0.141. The van der Waals surface area contributed by atoms with Gasteiger partial charge in [0, 0.05) is 21.5 Å². The highest BCUT2D eigenvalue weighted by molar-refractivity contribution is 8.00. The maximum absolute atomic E-state index is 12.5. The number of thiophene rings is 1. The molecule has 1 atom stereocenters. The minimum atomic E-state index is -0.499. The van der Waals surface area contributed by atoms with Gasteiger partial charge in [-0.15, -0.1) is 11.3 Å². The summed E-state index contributed by atoms with van der Waals surface area (Å²) in [5, 5.41) is 4.33. The molecule has 1 aromatic carbocycles. The molecule has 3 N–H and O–H groups in total. The topological polar surface area (TPSA) is 98.0 Å². The van der Waals surface area contributed by atoms with Gasteiger partial charge in [0.05, 0.1) is 5.25 Å². The third-order valence-electron chi connectivity index (χ3n) is 4.03. The summed E-state index contributed by atoms with van der Waals surface area (Å²) in [5.74, 6) is -0.640. The Morgan fingerprint density at radius 2 is 1.88 bits per heavy atom. The standard InChI is InChI=1S/C18H18N4O2S2/c1-9-10(2)25-17-14(9)18(21-8-20-17)26-11(3)16(24)22-13-6-4-12(5-7-13)15(19)23/h4-8,11H,1-3H3,(H2,19,23)(H,22,24)/t11-/m1/s1. The van der Waals surface area contributed by atoms with Crippen molar-refractivity contribution in [2.45, 2.75) is 31.0 Å². The first-order chi connectivity index (χ1) is 12.4. The van der Waals surface area contributed by atoms with E-state index in [2.05, 4.69) is 22.2 Å². The number of anilines is 1. The summed E-state index contributed by atoms with van der Waals surface area (Å²) in [7, 11) is 0. The van der Waals surface area contributed by atoms with Crippen molar-refractivity contribution in [2.24, 2.45) is 5.73 Å². The van der Waals surface area contributed by atoms with Crippen LogP contribution < -0.4 is 11.1 Å². The molecule has 0 aliphatic heterocycles. The predicted molar refractivity (Wildman–Crippen MR) is 106 cm³/mol. The predicted octanol–water partition coefficient (Wildman–Crippen LogP) is 3.53. The molecule has 0 bridgehead atoms.